The van der Waals surface area contributed by atoms with Gasteiger partial charge in [0.05, 0.1) is 0 Å². The molecule has 0 radical (unpaired) electrons. The quantitative estimate of drug-likeness (QED) is 0.777. The lowest BCUT2D eigenvalue weighted by molar-refractivity contribution is 0.0773. The molecule has 1 heterocycles. The van der Waals surface area contributed by atoms with Crippen molar-refractivity contribution in [1.29, 1.82) is 0 Å². The van der Waals surface area contributed by atoms with E-state index in [1.807, 2.05) is 6.92 Å². The minimum atomic E-state index is -0.337. The number of hydrogen-bond acceptors (Lipinski definition) is 2. The Balaban J connectivity index is 2.20. The molecule has 1 aromatic carbocycles. The fourth-order valence-corrected chi connectivity index (χ4v) is 2.20. The van der Waals surface area contributed by atoms with Gasteiger partial charge >= 0.3 is 0 Å². The Hall–Kier alpha value is -1.22. The summed E-state index contributed by atoms with van der Waals surface area (Å²) in [5, 5.41) is 3.24. The zero-order valence-corrected chi connectivity index (χ0v) is 9.42. The molecular weight excluding hydrogens is 205 g/mol. The van der Waals surface area contributed by atoms with Crippen LogP contribution in [0.15, 0.2) is 24.3 Å². The molecule has 1 aliphatic heterocycles. The summed E-state index contributed by atoms with van der Waals surface area (Å²) >= 11 is 0. The maximum absolute atomic E-state index is 12.8. The molecule has 2 nitrogen and oxygen atoms in total. The molecule has 1 fully saturated rings. The topological polar surface area (TPSA) is 29.1 Å². The van der Waals surface area contributed by atoms with Crippen molar-refractivity contribution in [3.05, 3.63) is 35.6 Å². The van der Waals surface area contributed by atoms with Gasteiger partial charge in [-0.1, -0.05) is 6.92 Å². The third kappa shape index (κ3) is 2.14. The standard InChI is InChI=1S/C13H16FNO/c1-13(7-2-8-15-9-13)12(16)10-3-5-11(14)6-4-10/h3-6,15H,2,7-9H2,1H3. The number of piperidine rings is 1. The van der Waals surface area contributed by atoms with E-state index in [4.69, 9.17) is 0 Å². The minimum absolute atomic E-state index is 0.111. The van der Waals surface area contributed by atoms with E-state index in [0.29, 0.717) is 12.1 Å². The van der Waals surface area contributed by atoms with E-state index in [-0.39, 0.29) is 17.0 Å². The van der Waals surface area contributed by atoms with Crippen molar-refractivity contribution in [2.45, 2.75) is 19.8 Å². The van der Waals surface area contributed by atoms with Crippen LogP contribution < -0.4 is 5.32 Å². The molecular formula is C13H16FNO. The first-order chi connectivity index (χ1) is 7.62. The number of Topliss-reactive ketones (excluding diaryl/α,β-unsaturated/α-hetero) is 1. The minimum Gasteiger partial charge on any atom is -0.316 e. The Bertz CT molecular complexity index is 379. The van der Waals surface area contributed by atoms with Crippen LogP contribution in [0.2, 0.25) is 0 Å². The van der Waals surface area contributed by atoms with Gasteiger partial charge in [-0.25, -0.2) is 4.39 Å². The van der Waals surface area contributed by atoms with Gasteiger partial charge in [-0.2, -0.15) is 0 Å². The van der Waals surface area contributed by atoms with Crippen molar-refractivity contribution in [3.8, 4) is 0 Å². The van der Waals surface area contributed by atoms with E-state index in [1.165, 1.54) is 12.1 Å². The number of nitrogens with one attached hydrogen (secondary N) is 1. The van der Waals surface area contributed by atoms with Gasteiger partial charge in [-0.3, -0.25) is 4.79 Å². The third-order valence-electron chi connectivity index (χ3n) is 3.25. The zero-order chi connectivity index (χ0) is 11.6. The lowest BCUT2D eigenvalue weighted by Crippen LogP contribution is -2.43. The molecule has 0 aromatic heterocycles. The molecule has 0 saturated carbocycles. The fraction of sp³-hybridized carbons (Fsp3) is 0.462. The Labute approximate surface area is 94.9 Å². The molecule has 1 atom stereocenters. The van der Waals surface area contributed by atoms with E-state index >= 15 is 0 Å². The van der Waals surface area contributed by atoms with Gasteiger partial charge in [0, 0.05) is 17.5 Å². The highest BCUT2D eigenvalue weighted by molar-refractivity contribution is 6.00. The molecule has 86 valence electrons. The summed E-state index contributed by atoms with van der Waals surface area (Å²) in [4.78, 5) is 12.3. The maximum Gasteiger partial charge on any atom is 0.169 e. The second kappa shape index (κ2) is 4.34. The van der Waals surface area contributed by atoms with Crippen molar-refractivity contribution in [1.82, 2.24) is 5.32 Å². The van der Waals surface area contributed by atoms with Crippen LogP contribution in [0.3, 0.4) is 0 Å². The zero-order valence-electron chi connectivity index (χ0n) is 9.42. The van der Waals surface area contributed by atoms with Crippen LogP contribution in [0.4, 0.5) is 4.39 Å². The van der Waals surface area contributed by atoms with Gasteiger partial charge in [0.15, 0.2) is 5.78 Å². The first kappa shape index (κ1) is 11.3. The number of ketones is 1. The number of rotatable bonds is 2. The van der Waals surface area contributed by atoms with Crippen LogP contribution in [-0.2, 0) is 0 Å². The SMILES string of the molecule is CC1(C(=O)c2ccc(F)cc2)CCCNC1. The smallest absolute Gasteiger partial charge is 0.169 e. The maximum atomic E-state index is 12.8. The van der Waals surface area contributed by atoms with Gasteiger partial charge in [-0.15, -0.1) is 0 Å². The third-order valence-corrected chi connectivity index (χ3v) is 3.25. The first-order valence-electron chi connectivity index (χ1n) is 5.63. The highest BCUT2D eigenvalue weighted by Crippen LogP contribution is 2.29. The van der Waals surface area contributed by atoms with E-state index in [1.54, 1.807) is 12.1 Å². The highest BCUT2D eigenvalue weighted by Gasteiger charge is 2.34. The van der Waals surface area contributed by atoms with E-state index in [0.717, 1.165) is 19.4 Å². The summed E-state index contributed by atoms with van der Waals surface area (Å²) in [5.74, 6) is -0.192. The number of benzene rings is 1. The molecule has 1 unspecified atom stereocenters. The summed E-state index contributed by atoms with van der Waals surface area (Å²) in [6.45, 7) is 3.67. The van der Waals surface area contributed by atoms with Crippen molar-refractivity contribution in [3.63, 3.8) is 0 Å². The number of hydrogen-bond donors (Lipinski definition) is 1. The van der Waals surface area contributed by atoms with Gasteiger partial charge in [0.25, 0.3) is 0 Å². The van der Waals surface area contributed by atoms with Crippen LogP contribution in [0.25, 0.3) is 0 Å². The molecule has 0 bridgehead atoms. The van der Waals surface area contributed by atoms with Gasteiger partial charge in [0.2, 0.25) is 0 Å². The molecule has 3 heteroatoms. The van der Waals surface area contributed by atoms with Crippen molar-refractivity contribution < 1.29 is 9.18 Å². The van der Waals surface area contributed by atoms with Crippen molar-refractivity contribution >= 4 is 5.78 Å². The Morgan fingerprint density at radius 1 is 1.38 bits per heavy atom. The molecule has 1 saturated heterocycles. The fourth-order valence-electron chi connectivity index (χ4n) is 2.20. The monoisotopic (exact) mass is 221 g/mol. The van der Waals surface area contributed by atoms with Gasteiger partial charge in [-0.05, 0) is 43.7 Å². The van der Waals surface area contributed by atoms with Crippen LogP contribution in [0, 0.1) is 11.2 Å². The van der Waals surface area contributed by atoms with Crippen LogP contribution in [0.1, 0.15) is 30.1 Å². The Morgan fingerprint density at radius 3 is 2.62 bits per heavy atom. The molecule has 1 N–H and O–H groups in total. The molecule has 0 spiro atoms. The summed E-state index contributed by atoms with van der Waals surface area (Å²) in [5.41, 5.74) is 0.267. The second-order valence-electron chi connectivity index (χ2n) is 4.68. The second-order valence-corrected chi connectivity index (χ2v) is 4.68. The van der Waals surface area contributed by atoms with Gasteiger partial charge in [0.1, 0.15) is 5.82 Å². The van der Waals surface area contributed by atoms with Crippen molar-refractivity contribution in [2.75, 3.05) is 13.1 Å². The normalized spacial score (nSPS) is 25.4. The summed E-state index contributed by atoms with van der Waals surface area (Å²) < 4.78 is 12.8. The predicted molar refractivity (Wildman–Crippen MR) is 60.9 cm³/mol. The largest absolute Gasteiger partial charge is 0.316 e. The van der Waals surface area contributed by atoms with Gasteiger partial charge < -0.3 is 5.32 Å². The number of carbonyl (C=O) groups is 1. The highest BCUT2D eigenvalue weighted by atomic mass is 19.1. The Kier molecular flexibility index (Phi) is 3.06. The summed E-state index contributed by atoms with van der Waals surface area (Å²) in [7, 11) is 0. The molecule has 16 heavy (non-hydrogen) atoms. The van der Waals surface area contributed by atoms with E-state index < -0.39 is 0 Å². The Morgan fingerprint density at radius 2 is 2.06 bits per heavy atom. The lowest BCUT2D eigenvalue weighted by atomic mass is 9.76. The number of halogens is 1. The predicted octanol–water partition coefficient (Wildman–Crippen LogP) is 2.40. The molecule has 1 aliphatic rings. The summed E-state index contributed by atoms with van der Waals surface area (Å²) in [6.07, 6.45) is 1.92. The van der Waals surface area contributed by atoms with E-state index in [9.17, 15) is 9.18 Å². The molecule has 0 aliphatic carbocycles. The molecule has 1 aromatic rings. The molecule has 0 amide bonds. The van der Waals surface area contributed by atoms with E-state index in [2.05, 4.69) is 5.32 Å². The van der Waals surface area contributed by atoms with Crippen LogP contribution in [-0.4, -0.2) is 18.9 Å². The number of carbonyl (C=O) groups excluding carboxylic acids is 1. The lowest BCUT2D eigenvalue weighted by Gasteiger charge is -2.32. The first-order valence-corrected chi connectivity index (χ1v) is 5.63. The summed E-state index contributed by atoms with van der Waals surface area (Å²) in [6, 6.07) is 5.81. The average molecular weight is 221 g/mol. The van der Waals surface area contributed by atoms with Crippen molar-refractivity contribution in [2.24, 2.45) is 5.41 Å². The molecule has 2 rings (SSSR count). The van der Waals surface area contributed by atoms with Crippen LogP contribution >= 0.6 is 0 Å². The average Bonchev–Trinajstić information content (AvgIpc) is 2.30. The van der Waals surface area contributed by atoms with Crippen LogP contribution in [0.5, 0.6) is 0 Å².